The minimum absolute atomic E-state index is 0.729. The molecule has 0 N–H and O–H groups in total. The van der Waals surface area contributed by atoms with Gasteiger partial charge in [0.15, 0.2) is 0 Å². The summed E-state index contributed by atoms with van der Waals surface area (Å²) in [6.45, 7) is 4.59. The quantitative estimate of drug-likeness (QED) is 0.529. The number of hydrogen-bond donors (Lipinski definition) is 0. The molecule has 13 heavy (non-hydrogen) atoms. The van der Waals surface area contributed by atoms with Gasteiger partial charge >= 0.3 is 0 Å². The van der Waals surface area contributed by atoms with E-state index < -0.39 is 0 Å². The first kappa shape index (κ1) is 8.80. The molecule has 0 saturated heterocycles. The van der Waals surface area contributed by atoms with Crippen molar-refractivity contribution in [3.63, 3.8) is 0 Å². The van der Waals surface area contributed by atoms with E-state index in [1.165, 1.54) is 19.3 Å². The molecule has 70 valence electrons. The monoisotopic (exact) mass is 174 g/mol. The molecule has 0 saturated carbocycles. The fourth-order valence-corrected chi connectivity index (χ4v) is 2.21. The highest BCUT2D eigenvalue weighted by Crippen LogP contribution is 2.36. The fourth-order valence-electron chi connectivity index (χ4n) is 2.21. The molecular weight excluding hydrogens is 156 g/mol. The third-order valence-corrected chi connectivity index (χ3v) is 3.21. The molecular formula is C13H18. The third-order valence-electron chi connectivity index (χ3n) is 3.21. The molecule has 0 radical (unpaired) electrons. The van der Waals surface area contributed by atoms with Gasteiger partial charge in [0.05, 0.1) is 0 Å². The second-order valence-electron chi connectivity index (χ2n) is 4.45. The highest BCUT2D eigenvalue weighted by molar-refractivity contribution is 5.30. The first-order chi connectivity index (χ1) is 6.27. The van der Waals surface area contributed by atoms with Gasteiger partial charge < -0.3 is 0 Å². The van der Waals surface area contributed by atoms with Crippen LogP contribution in [-0.4, -0.2) is 0 Å². The van der Waals surface area contributed by atoms with Crippen LogP contribution in [0.3, 0.4) is 0 Å². The van der Waals surface area contributed by atoms with Crippen LogP contribution in [0.1, 0.15) is 33.1 Å². The summed E-state index contributed by atoms with van der Waals surface area (Å²) >= 11 is 0. The van der Waals surface area contributed by atoms with Crippen LogP contribution < -0.4 is 0 Å². The van der Waals surface area contributed by atoms with E-state index in [0.717, 1.165) is 11.8 Å². The van der Waals surface area contributed by atoms with Crippen molar-refractivity contribution in [3.05, 3.63) is 35.5 Å². The van der Waals surface area contributed by atoms with Crippen LogP contribution in [-0.2, 0) is 0 Å². The standard InChI is InChI=1S/C13H18/c1-10(2)12-8-7-11-5-3-4-6-13(11)9-12/h3-4,6,8,10-11H,5,7,9H2,1-2H3. The van der Waals surface area contributed by atoms with Crippen molar-refractivity contribution in [3.8, 4) is 0 Å². The summed E-state index contributed by atoms with van der Waals surface area (Å²) in [6.07, 6.45) is 13.1. The molecule has 0 amide bonds. The van der Waals surface area contributed by atoms with E-state index in [-0.39, 0.29) is 0 Å². The molecule has 0 aromatic heterocycles. The molecule has 0 aromatic rings. The van der Waals surface area contributed by atoms with E-state index in [2.05, 4.69) is 38.2 Å². The number of rotatable bonds is 1. The lowest BCUT2D eigenvalue weighted by Gasteiger charge is -2.28. The largest absolute Gasteiger partial charge is 0.0841 e. The number of hydrogen-bond acceptors (Lipinski definition) is 0. The SMILES string of the molecule is CC(C)C1=CCC2CC=CC=C2C1. The Morgan fingerprint density at radius 3 is 2.92 bits per heavy atom. The molecule has 0 spiro atoms. The fraction of sp³-hybridized carbons (Fsp3) is 0.538. The molecule has 2 aliphatic rings. The van der Waals surface area contributed by atoms with Gasteiger partial charge in [-0.1, -0.05) is 49.3 Å². The van der Waals surface area contributed by atoms with Gasteiger partial charge in [0, 0.05) is 0 Å². The molecule has 0 heteroatoms. The zero-order valence-electron chi connectivity index (χ0n) is 8.59. The lowest BCUT2D eigenvalue weighted by Crippen LogP contribution is -2.12. The van der Waals surface area contributed by atoms with Crippen LogP contribution in [0.2, 0.25) is 0 Å². The Bertz CT molecular complexity index is 276. The topological polar surface area (TPSA) is 0 Å². The molecule has 1 unspecified atom stereocenters. The number of fused-ring (bicyclic) bond motifs is 1. The smallest absolute Gasteiger partial charge is 0.00998 e. The van der Waals surface area contributed by atoms with E-state index >= 15 is 0 Å². The van der Waals surface area contributed by atoms with Gasteiger partial charge in [-0.05, 0) is 31.1 Å². The zero-order valence-corrected chi connectivity index (χ0v) is 8.59. The summed E-state index contributed by atoms with van der Waals surface area (Å²) in [4.78, 5) is 0. The van der Waals surface area contributed by atoms with Crippen molar-refractivity contribution in [2.24, 2.45) is 11.8 Å². The Balaban J connectivity index is 2.16. The first-order valence-electron chi connectivity index (χ1n) is 5.32. The number of allylic oxidation sites excluding steroid dienone is 6. The van der Waals surface area contributed by atoms with Crippen molar-refractivity contribution in [2.75, 3.05) is 0 Å². The Hall–Kier alpha value is -0.780. The molecule has 0 aliphatic heterocycles. The highest BCUT2D eigenvalue weighted by Gasteiger charge is 2.20. The summed E-state index contributed by atoms with van der Waals surface area (Å²) in [7, 11) is 0. The van der Waals surface area contributed by atoms with Crippen molar-refractivity contribution in [1.29, 1.82) is 0 Å². The van der Waals surface area contributed by atoms with Gasteiger partial charge in [0.2, 0.25) is 0 Å². The van der Waals surface area contributed by atoms with Crippen LogP contribution in [0.5, 0.6) is 0 Å². The Labute approximate surface area is 81.0 Å². The lowest BCUT2D eigenvalue weighted by molar-refractivity contribution is 0.562. The second-order valence-corrected chi connectivity index (χ2v) is 4.45. The second kappa shape index (κ2) is 3.53. The predicted octanol–water partition coefficient (Wildman–Crippen LogP) is 3.87. The van der Waals surface area contributed by atoms with E-state index in [1.54, 1.807) is 11.1 Å². The molecule has 0 nitrogen and oxygen atoms in total. The molecule has 2 rings (SSSR count). The van der Waals surface area contributed by atoms with Gasteiger partial charge in [-0.3, -0.25) is 0 Å². The van der Waals surface area contributed by atoms with Crippen molar-refractivity contribution in [2.45, 2.75) is 33.1 Å². The Kier molecular flexibility index (Phi) is 2.39. The van der Waals surface area contributed by atoms with Crippen LogP contribution >= 0.6 is 0 Å². The van der Waals surface area contributed by atoms with E-state index in [9.17, 15) is 0 Å². The average molecular weight is 174 g/mol. The normalized spacial score (nSPS) is 26.8. The maximum absolute atomic E-state index is 2.46. The predicted molar refractivity (Wildman–Crippen MR) is 57.5 cm³/mol. The van der Waals surface area contributed by atoms with Gasteiger partial charge in [0.25, 0.3) is 0 Å². The van der Waals surface area contributed by atoms with Crippen molar-refractivity contribution >= 4 is 0 Å². The highest BCUT2D eigenvalue weighted by atomic mass is 14.3. The summed E-state index contributed by atoms with van der Waals surface area (Å²) in [5.41, 5.74) is 3.30. The van der Waals surface area contributed by atoms with Crippen LogP contribution in [0.4, 0.5) is 0 Å². The molecule has 0 fully saturated rings. The summed E-state index contributed by atoms with van der Waals surface area (Å²) in [5.74, 6) is 1.56. The summed E-state index contributed by atoms with van der Waals surface area (Å²) in [6, 6.07) is 0. The maximum atomic E-state index is 2.46. The molecule has 2 aliphatic carbocycles. The van der Waals surface area contributed by atoms with E-state index in [1.807, 2.05) is 0 Å². The zero-order chi connectivity index (χ0) is 9.26. The maximum Gasteiger partial charge on any atom is -0.00998 e. The minimum atomic E-state index is 0.729. The van der Waals surface area contributed by atoms with Crippen LogP contribution in [0.15, 0.2) is 35.5 Å². The van der Waals surface area contributed by atoms with Gasteiger partial charge in [-0.15, -0.1) is 0 Å². The van der Waals surface area contributed by atoms with E-state index in [0.29, 0.717) is 0 Å². The Morgan fingerprint density at radius 1 is 1.31 bits per heavy atom. The van der Waals surface area contributed by atoms with Crippen molar-refractivity contribution < 1.29 is 0 Å². The van der Waals surface area contributed by atoms with Gasteiger partial charge in [0.1, 0.15) is 0 Å². The van der Waals surface area contributed by atoms with Crippen LogP contribution in [0.25, 0.3) is 0 Å². The third kappa shape index (κ3) is 1.77. The Morgan fingerprint density at radius 2 is 2.15 bits per heavy atom. The summed E-state index contributed by atoms with van der Waals surface area (Å²) in [5, 5.41) is 0. The van der Waals surface area contributed by atoms with Gasteiger partial charge in [-0.25, -0.2) is 0 Å². The minimum Gasteiger partial charge on any atom is -0.0841 e. The molecule has 0 bridgehead atoms. The van der Waals surface area contributed by atoms with Crippen LogP contribution in [0, 0.1) is 11.8 Å². The first-order valence-corrected chi connectivity index (χ1v) is 5.32. The molecule has 0 heterocycles. The van der Waals surface area contributed by atoms with Crippen molar-refractivity contribution in [1.82, 2.24) is 0 Å². The molecule has 1 atom stereocenters. The molecule has 0 aromatic carbocycles. The summed E-state index contributed by atoms with van der Waals surface area (Å²) < 4.78 is 0. The lowest BCUT2D eigenvalue weighted by atomic mass is 9.78. The average Bonchev–Trinajstić information content (AvgIpc) is 2.17. The van der Waals surface area contributed by atoms with E-state index in [4.69, 9.17) is 0 Å². The van der Waals surface area contributed by atoms with Gasteiger partial charge in [-0.2, -0.15) is 0 Å².